The molecule has 4 rings (SSSR count). The molecule has 0 aromatic carbocycles. The van der Waals surface area contributed by atoms with E-state index in [9.17, 15) is 20.1 Å². The third-order valence-electron chi connectivity index (χ3n) is 14.2. The molecule has 4 saturated carbocycles. The number of carbonyl (C=O) groups excluding carboxylic acids is 1. The monoisotopic (exact) mass is 1510 g/mol. The minimum Gasteiger partial charge on any atom is -0.390 e. The summed E-state index contributed by atoms with van der Waals surface area (Å²) < 4.78 is 0. The fraction of sp³-hybridized carbons (Fsp3) is 0.854. The largest absolute Gasteiger partial charge is 0.390 e. The first-order valence-electron chi connectivity index (χ1n) is 21.6. The van der Waals surface area contributed by atoms with Crippen LogP contribution in [0.3, 0.4) is 0 Å². The maximum absolute atomic E-state index is 12.2. The Morgan fingerprint density at radius 1 is 0.787 bits per heavy atom. The number of aliphatic hydroxyl groups is 3. The molecule has 13 heteroatoms. The summed E-state index contributed by atoms with van der Waals surface area (Å²) in [6, 6.07) is 0. The molecule has 0 aromatic heterocycles. The standard InChI is InChI=1S/C19H33BrO.C18H32O2.C11H18O.8Y/c1-14(7-5-11-18(2,3)21)16-9-10-17-15(13-20)8-6-12-19(16,17)4;1-13(7-5-11-17(2,3)20)14-9-10-15-16(19)8-6-12-18(14,15)4;1-5-6-7-10(4)8-11(12)9(2)3;;;;;;;;/h13-14,16-17,21H,5-12H2,1-4H3;13-15,20H,5-12H2,1-4H3;10-12H,2,7-8H2,1,3-4H3;;;;;;;;/b15-13+;;;;;;;;;;/t14-,16-,17?,19-;13-,14-,15?,18-;10-,11+;;;;;;;;/m111......../s1. The molecule has 4 aliphatic rings. The molecule has 61 heavy (non-hydrogen) atoms. The maximum Gasteiger partial charge on any atom is 0.136 e. The summed E-state index contributed by atoms with van der Waals surface area (Å²) in [4.78, 5) is 14.4. The molecule has 4 nitrogen and oxygen atoms in total. The van der Waals surface area contributed by atoms with Gasteiger partial charge in [0.2, 0.25) is 0 Å². The molecule has 4 fully saturated rings. The second-order valence-corrected chi connectivity index (χ2v) is 20.5. The van der Waals surface area contributed by atoms with Crippen LogP contribution in [0.25, 0.3) is 0 Å². The van der Waals surface area contributed by atoms with E-state index in [0.29, 0.717) is 34.9 Å². The van der Waals surface area contributed by atoms with Gasteiger partial charge in [-0.1, -0.05) is 94.0 Å². The number of hydrogen-bond acceptors (Lipinski definition) is 4. The predicted molar refractivity (Wildman–Crippen MR) is 230 cm³/mol. The normalized spacial score (nSPS) is 27.3. The molecule has 10 atom stereocenters. The third kappa shape index (κ3) is 29.5. The Balaban J connectivity index is -0.000000139. The predicted octanol–water partition coefficient (Wildman–Crippen LogP) is 12.8. The molecule has 0 bridgehead atoms. The molecular formula is C48H83BrO4Y8. The first-order chi connectivity index (χ1) is 24.6. The molecule has 2 unspecified atom stereocenters. The van der Waals surface area contributed by atoms with Gasteiger partial charge in [-0.15, -0.1) is 11.8 Å². The molecule has 0 amide bonds. The molecular weight excluding hydrogens is 1430 g/mol. The summed E-state index contributed by atoms with van der Waals surface area (Å²) in [5.74, 6) is 11.0. The number of carbonyl (C=O) groups is 1. The van der Waals surface area contributed by atoms with Gasteiger partial charge in [0.25, 0.3) is 0 Å². The number of halogens is 1. The summed E-state index contributed by atoms with van der Waals surface area (Å²) in [6.07, 6.45) is 20.1. The van der Waals surface area contributed by atoms with Gasteiger partial charge in [-0.05, 0) is 170 Å². The van der Waals surface area contributed by atoms with Gasteiger partial charge in [0, 0.05) is 280 Å². The summed E-state index contributed by atoms with van der Waals surface area (Å²) >= 11 is 3.60. The molecule has 0 spiro atoms. The quantitative estimate of drug-likeness (QED) is 0.120. The van der Waals surface area contributed by atoms with E-state index in [-0.39, 0.29) is 273 Å². The first-order valence-corrected chi connectivity index (χ1v) is 22.5. The van der Waals surface area contributed by atoms with Crippen LogP contribution in [0.5, 0.6) is 0 Å². The van der Waals surface area contributed by atoms with Gasteiger partial charge in [-0.25, -0.2) is 0 Å². The zero-order valence-corrected chi connectivity index (χ0v) is 65.2. The van der Waals surface area contributed by atoms with Crippen molar-refractivity contribution in [2.45, 2.75) is 209 Å². The van der Waals surface area contributed by atoms with Crippen molar-refractivity contribution in [2.75, 3.05) is 0 Å². The molecule has 0 saturated heterocycles. The van der Waals surface area contributed by atoms with E-state index in [0.717, 1.165) is 81.1 Å². The van der Waals surface area contributed by atoms with E-state index in [1.165, 1.54) is 57.8 Å². The van der Waals surface area contributed by atoms with Gasteiger partial charge >= 0.3 is 0 Å². The Kier molecular flexibility index (Phi) is 56.0. The summed E-state index contributed by atoms with van der Waals surface area (Å²) in [5, 5.41) is 29.2. The van der Waals surface area contributed by atoms with Gasteiger partial charge in [-0.2, -0.15) is 0 Å². The van der Waals surface area contributed by atoms with Crippen LogP contribution in [-0.2, 0) is 266 Å². The molecule has 4 aliphatic carbocycles. The average Bonchev–Trinajstić information content (AvgIpc) is 3.60. The SMILES string of the molecule is C=C(C)[C@@H](O)C[C@H](C)CC#CC.C[C@H](CCCC(C)(C)O)[C@H]1CCC2/C(=C/Br)CCC[C@@]21C.C[C@H](CCCC(C)(C)O)[C@H]1CCC2C(=O)CCC[C@@]21C.[Y].[Y].[Y].[Y].[Y].[Y].[Y].[Y]. The van der Waals surface area contributed by atoms with E-state index >= 15 is 0 Å². The van der Waals surface area contributed by atoms with Crippen molar-refractivity contribution < 1.29 is 282 Å². The van der Waals surface area contributed by atoms with Gasteiger partial charge in [-0.3, -0.25) is 4.79 Å². The smallest absolute Gasteiger partial charge is 0.136 e. The number of ketones is 1. The minimum atomic E-state index is -0.539. The Hall–Kier alpha value is 7.90. The summed E-state index contributed by atoms with van der Waals surface area (Å²) in [6.45, 7) is 26.9. The number of Topliss-reactive ketones (excluding diaryl/α,β-unsaturated/α-hetero) is 1. The Labute approximate surface area is 587 Å². The number of fused-ring (bicyclic) bond motifs is 2. The molecule has 330 valence electrons. The number of allylic oxidation sites excluding steroid dienone is 1. The van der Waals surface area contributed by atoms with Crippen LogP contribution in [0.1, 0.15) is 192 Å². The molecule has 8 radical (unpaired) electrons. The van der Waals surface area contributed by atoms with E-state index in [1.54, 1.807) is 5.57 Å². The molecule has 3 N–H and O–H groups in total. The van der Waals surface area contributed by atoms with Crippen molar-refractivity contribution >= 4 is 21.7 Å². The van der Waals surface area contributed by atoms with E-state index in [4.69, 9.17) is 0 Å². The van der Waals surface area contributed by atoms with E-state index in [2.05, 4.69) is 74.0 Å². The van der Waals surface area contributed by atoms with Gasteiger partial charge < -0.3 is 15.3 Å². The van der Waals surface area contributed by atoms with Crippen molar-refractivity contribution in [3.8, 4) is 11.8 Å². The Morgan fingerprint density at radius 2 is 1.20 bits per heavy atom. The van der Waals surface area contributed by atoms with Crippen LogP contribution in [0.2, 0.25) is 0 Å². The Bertz CT molecular complexity index is 1260. The van der Waals surface area contributed by atoms with Crippen LogP contribution in [-0.4, -0.2) is 38.4 Å². The minimum absolute atomic E-state index is 0. The second-order valence-electron chi connectivity index (χ2n) is 20.0. The van der Waals surface area contributed by atoms with Crippen molar-refractivity contribution in [3.63, 3.8) is 0 Å². The topological polar surface area (TPSA) is 77.8 Å². The van der Waals surface area contributed by atoms with E-state index in [1.807, 2.05) is 41.5 Å². The molecule has 0 aromatic rings. The first kappa shape index (κ1) is 82.9. The zero-order valence-electron chi connectivity index (χ0n) is 40.9. The van der Waals surface area contributed by atoms with Gasteiger partial charge in [0.1, 0.15) is 5.78 Å². The van der Waals surface area contributed by atoms with Crippen LogP contribution in [0, 0.1) is 64.1 Å². The maximum atomic E-state index is 12.2. The van der Waals surface area contributed by atoms with Crippen molar-refractivity contribution in [2.24, 2.45) is 52.3 Å². The fourth-order valence-corrected chi connectivity index (χ4v) is 11.7. The van der Waals surface area contributed by atoms with Crippen LogP contribution >= 0.6 is 15.9 Å². The zero-order chi connectivity index (χ0) is 40.2. The van der Waals surface area contributed by atoms with Gasteiger partial charge in [0.05, 0.1) is 17.3 Å². The number of aliphatic hydroxyl groups excluding tert-OH is 1. The van der Waals surface area contributed by atoms with E-state index < -0.39 is 11.2 Å². The Morgan fingerprint density at radius 3 is 1.59 bits per heavy atom. The molecule has 0 aliphatic heterocycles. The van der Waals surface area contributed by atoms with Crippen LogP contribution in [0.4, 0.5) is 0 Å². The van der Waals surface area contributed by atoms with Crippen molar-refractivity contribution in [1.29, 1.82) is 0 Å². The van der Waals surface area contributed by atoms with Crippen LogP contribution in [0.15, 0.2) is 22.7 Å². The van der Waals surface area contributed by atoms with Gasteiger partial charge in [0.15, 0.2) is 0 Å². The third-order valence-corrected chi connectivity index (χ3v) is 14.8. The van der Waals surface area contributed by atoms with Crippen LogP contribution < -0.4 is 0 Å². The number of rotatable bonds is 14. The fourth-order valence-electron chi connectivity index (χ4n) is 11.1. The summed E-state index contributed by atoms with van der Waals surface area (Å²) in [5.41, 5.74) is 2.25. The van der Waals surface area contributed by atoms with Crippen molar-refractivity contribution in [1.82, 2.24) is 0 Å². The molecule has 0 heterocycles. The van der Waals surface area contributed by atoms with Crippen molar-refractivity contribution in [3.05, 3.63) is 22.7 Å². The second kappa shape index (κ2) is 41.2. The number of hydrogen-bond donors (Lipinski definition) is 3. The average molecular weight is 1520 g/mol. The summed E-state index contributed by atoms with van der Waals surface area (Å²) in [7, 11) is 0.